The molecule has 0 saturated heterocycles. The minimum Gasteiger partial charge on any atom is -0.404 e. The predicted molar refractivity (Wildman–Crippen MR) is 74.0 cm³/mol. The first kappa shape index (κ1) is 14.8. The van der Waals surface area contributed by atoms with Gasteiger partial charge < -0.3 is 9.63 Å². The second kappa shape index (κ2) is 6.68. The minimum absolute atomic E-state index is 0.0318. The molecule has 0 saturated carbocycles. The number of aliphatic hydroxyl groups excluding tert-OH is 1. The fourth-order valence-electron chi connectivity index (χ4n) is 1.60. The SMILES string of the molecule is O=P(O)(OCc1ccccc1)Oc1ccccc1CO. The van der Waals surface area contributed by atoms with Gasteiger partial charge in [0.15, 0.2) is 0 Å². The van der Waals surface area contributed by atoms with Gasteiger partial charge >= 0.3 is 7.82 Å². The molecule has 0 fully saturated rings. The van der Waals surface area contributed by atoms with E-state index in [0.29, 0.717) is 5.56 Å². The summed E-state index contributed by atoms with van der Waals surface area (Å²) in [6, 6.07) is 15.5. The highest BCUT2D eigenvalue weighted by Gasteiger charge is 2.24. The Morgan fingerprint density at radius 1 is 1.00 bits per heavy atom. The molecule has 0 bridgehead atoms. The third kappa shape index (κ3) is 4.18. The Morgan fingerprint density at radius 3 is 2.35 bits per heavy atom. The van der Waals surface area contributed by atoms with Crippen molar-refractivity contribution in [3.63, 3.8) is 0 Å². The molecule has 2 aromatic rings. The summed E-state index contributed by atoms with van der Waals surface area (Å²) in [4.78, 5) is 9.68. The molecular weight excluding hydrogens is 279 g/mol. The number of hydrogen-bond acceptors (Lipinski definition) is 4. The maximum atomic E-state index is 11.9. The lowest BCUT2D eigenvalue weighted by Crippen LogP contribution is -2.00. The molecule has 5 nitrogen and oxygen atoms in total. The third-order valence-corrected chi connectivity index (χ3v) is 3.48. The van der Waals surface area contributed by atoms with E-state index in [1.807, 2.05) is 18.2 Å². The predicted octanol–water partition coefficient (Wildman–Crippen LogP) is 2.87. The van der Waals surface area contributed by atoms with Gasteiger partial charge in [0.05, 0.1) is 13.2 Å². The Kier molecular flexibility index (Phi) is 4.93. The smallest absolute Gasteiger partial charge is 0.404 e. The van der Waals surface area contributed by atoms with Crippen molar-refractivity contribution in [3.05, 3.63) is 65.7 Å². The van der Waals surface area contributed by atoms with Crippen molar-refractivity contribution in [1.82, 2.24) is 0 Å². The minimum atomic E-state index is -4.23. The lowest BCUT2D eigenvalue weighted by Gasteiger charge is -2.15. The zero-order chi connectivity index (χ0) is 14.4. The average molecular weight is 294 g/mol. The molecule has 2 N–H and O–H groups in total. The normalized spacial score (nSPS) is 13.7. The number of rotatable bonds is 6. The Balaban J connectivity index is 2.02. The quantitative estimate of drug-likeness (QED) is 0.801. The molecule has 2 rings (SSSR count). The maximum Gasteiger partial charge on any atom is 0.527 e. The molecule has 0 aliphatic carbocycles. The second-order valence-corrected chi connectivity index (χ2v) is 5.46. The van der Waals surface area contributed by atoms with Crippen LogP contribution < -0.4 is 4.52 Å². The van der Waals surface area contributed by atoms with Crippen LogP contribution in [0.15, 0.2) is 54.6 Å². The molecule has 0 aliphatic heterocycles. The van der Waals surface area contributed by atoms with Crippen molar-refractivity contribution in [2.75, 3.05) is 0 Å². The third-order valence-electron chi connectivity index (χ3n) is 2.59. The van der Waals surface area contributed by atoms with E-state index < -0.39 is 7.82 Å². The van der Waals surface area contributed by atoms with Gasteiger partial charge in [-0.15, -0.1) is 0 Å². The summed E-state index contributed by atoms with van der Waals surface area (Å²) in [6.45, 7) is -0.315. The van der Waals surface area contributed by atoms with E-state index in [2.05, 4.69) is 0 Å². The van der Waals surface area contributed by atoms with E-state index in [9.17, 15) is 9.46 Å². The van der Waals surface area contributed by atoms with E-state index in [-0.39, 0.29) is 19.0 Å². The molecule has 20 heavy (non-hydrogen) atoms. The summed E-state index contributed by atoms with van der Waals surface area (Å²) in [5.74, 6) is 0.133. The fourth-order valence-corrected chi connectivity index (χ4v) is 2.40. The van der Waals surface area contributed by atoms with Crippen LogP contribution in [-0.2, 0) is 22.3 Å². The zero-order valence-electron chi connectivity index (χ0n) is 10.7. The van der Waals surface area contributed by atoms with E-state index in [1.54, 1.807) is 30.3 Å². The van der Waals surface area contributed by atoms with E-state index in [0.717, 1.165) is 5.56 Å². The number of hydrogen-bond donors (Lipinski definition) is 2. The number of benzene rings is 2. The molecule has 0 amide bonds. The maximum absolute atomic E-state index is 11.9. The first-order chi connectivity index (χ1) is 9.61. The van der Waals surface area contributed by atoms with Crippen LogP contribution in [0.25, 0.3) is 0 Å². The van der Waals surface area contributed by atoms with Gasteiger partial charge in [-0.25, -0.2) is 4.57 Å². The number of phosphoric acid groups is 1. The lowest BCUT2D eigenvalue weighted by molar-refractivity contribution is 0.193. The van der Waals surface area contributed by atoms with Gasteiger partial charge in [-0.2, -0.15) is 0 Å². The monoisotopic (exact) mass is 294 g/mol. The molecule has 0 radical (unpaired) electrons. The largest absolute Gasteiger partial charge is 0.527 e. The van der Waals surface area contributed by atoms with E-state index in [1.165, 1.54) is 6.07 Å². The van der Waals surface area contributed by atoms with Crippen LogP contribution in [0.2, 0.25) is 0 Å². The summed E-state index contributed by atoms with van der Waals surface area (Å²) in [7, 11) is -4.23. The van der Waals surface area contributed by atoms with Crippen LogP contribution in [0, 0.1) is 0 Å². The molecule has 1 atom stereocenters. The first-order valence-corrected chi connectivity index (χ1v) is 7.50. The van der Waals surface area contributed by atoms with Crippen LogP contribution in [0.4, 0.5) is 0 Å². The Bertz CT molecular complexity index is 600. The molecular formula is C14H15O5P. The van der Waals surface area contributed by atoms with Crippen molar-refractivity contribution in [2.45, 2.75) is 13.2 Å². The highest BCUT2D eigenvalue weighted by atomic mass is 31.2. The summed E-state index contributed by atoms with van der Waals surface area (Å²) in [5, 5.41) is 9.13. The molecule has 1 unspecified atom stereocenters. The zero-order valence-corrected chi connectivity index (χ0v) is 11.6. The second-order valence-electron chi connectivity index (χ2n) is 4.08. The number of para-hydroxylation sites is 1. The van der Waals surface area contributed by atoms with Gasteiger partial charge in [-0.3, -0.25) is 9.42 Å². The van der Waals surface area contributed by atoms with Gasteiger partial charge in [0.25, 0.3) is 0 Å². The Hall–Kier alpha value is -1.65. The lowest BCUT2D eigenvalue weighted by atomic mass is 10.2. The topological polar surface area (TPSA) is 76.0 Å². The highest BCUT2D eigenvalue weighted by molar-refractivity contribution is 7.47. The molecule has 0 aliphatic rings. The molecule has 106 valence electrons. The average Bonchev–Trinajstić information content (AvgIpc) is 2.47. The Morgan fingerprint density at radius 2 is 1.65 bits per heavy atom. The van der Waals surface area contributed by atoms with Crippen molar-refractivity contribution >= 4 is 7.82 Å². The van der Waals surface area contributed by atoms with Crippen LogP contribution in [0.5, 0.6) is 5.75 Å². The fraction of sp³-hybridized carbons (Fsp3) is 0.143. The summed E-state index contributed by atoms with van der Waals surface area (Å²) in [6.07, 6.45) is 0. The molecule has 0 aromatic heterocycles. The van der Waals surface area contributed by atoms with Gasteiger partial charge in [-0.05, 0) is 11.6 Å². The number of phosphoric ester groups is 1. The first-order valence-electron chi connectivity index (χ1n) is 6.00. The van der Waals surface area contributed by atoms with Gasteiger partial charge in [0.1, 0.15) is 5.75 Å². The van der Waals surface area contributed by atoms with Crippen molar-refractivity contribution in [2.24, 2.45) is 0 Å². The van der Waals surface area contributed by atoms with Crippen molar-refractivity contribution < 1.29 is 23.6 Å². The highest BCUT2D eigenvalue weighted by Crippen LogP contribution is 2.45. The van der Waals surface area contributed by atoms with Crippen molar-refractivity contribution in [3.8, 4) is 5.75 Å². The van der Waals surface area contributed by atoms with Crippen LogP contribution in [0.1, 0.15) is 11.1 Å². The van der Waals surface area contributed by atoms with E-state index in [4.69, 9.17) is 14.2 Å². The van der Waals surface area contributed by atoms with Crippen molar-refractivity contribution in [1.29, 1.82) is 0 Å². The van der Waals surface area contributed by atoms with Crippen LogP contribution >= 0.6 is 7.82 Å². The summed E-state index contributed by atoms with van der Waals surface area (Å²) in [5.41, 5.74) is 1.19. The molecule has 6 heteroatoms. The van der Waals surface area contributed by atoms with Gasteiger partial charge in [-0.1, -0.05) is 48.5 Å². The van der Waals surface area contributed by atoms with Crippen LogP contribution in [-0.4, -0.2) is 10.00 Å². The standard InChI is InChI=1S/C14H15O5P/c15-10-13-8-4-5-9-14(13)19-20(16,17)18-11-12-6-2-1-3-7-12/h1-9,15H,10-11H2,(H,16,17). The summed E-state index contributed by atoms with van der Waals surface area (Å²) < 4.78 is 21.8. The van der Waals surface area contributed by atoms with E-state index >= 15 is 0 Å². The van der Waals surface area contributed by atoms with Crippen LogP contribution in [0.3, 0.4) is 0 Å². The molecule has 2 aromatic carbocycles. The summed E-state index contributed by atoms with van der Waals surface area (Å²) >= 11 is 0. The molecule has 0 spiro atoms. The number of aliphatic hydroxyl groups is 1. The Labute approximate surface area is 117 Å². The van der Waals surface area contributed by atoms with Gasteiger partial charge in [0.2, 0.25) is 0 Å². The molecule has 0 heterocycles. The van der Waals surface area contributed by atoms with Gasteiger partial charge in [0, 0.05) is 5.56 Å².